The Balaban J connectivity index is 1.90. The second kappa shape index (κ2) is 8.52. The van der Waals surface area contributed by atoms with E-state index in [9.17, 15) is 9.59 Å². The summed E-state index contributed by atoms with van der Waals surface area (Å²) in [6.45, 7) is 7.84. The van der Waals surface area contributed by atoms with Crippen molar-refractivity contribution in [1.82, 2.24) is 5.32 Å². The lowest BCUT2D eigenvalue weighted by atomic mass is 9.92. The van der Waals surface area contributed by atoms with Crippen LogP contribution in [0.15, 0.2) is 43.0 Å². The van der Waals surface area contributed by atoms with Crippen molar-refractivity contribution in [3.63, 3.8) is 0 Å². The number of benzene rings is 1. The van der Waals surface area contributed by atoms with Gasteiger partial charge in [-0.3, -0.25) is 4.79 Å². The molecule has 0 bridgehead atoms. The van der Waals surface area contributed by atoms with Crippen LogP contribution in [0.3, 0.4) is 0 Å². The van der Waals surface area contributed by atoms with Gasteiger partial charge in [-0.2, -0.15) is 0 Å². The van der Waals surface area contributed by atoms with Gasteiger partial charge in [-0.05, 0) is 24.3 Å². The van der Waals surface area contributed by atoms with Crippen molar-refractivity contribution in [2.75, 3.05) is 0 Å². The Hall–Kier alpha value is -2.30. The summed E-state index contributed by atoms with van der Waals surface area (Å²) >= 11 is 0. The van der Waals surface area contributed by atoms with Crippen molar-refractivity contribution in [1.29, 1.82) is 0 Å². The van der Waals surface area contributed by atoms with Crippen LogP contribution in [0.25, 0.3) is 0 Å². The molecule has 1 amide bonds. The van der Waals surface area contributed by atoms with Crippen molar-refractivity contribution >= 4 is 12.1 Å². The highest BCUT2D eigenvalue weighted by molar-refractivity contribution is 5.75. The van der Waals surface area contributed by atoms with Crippen LogP contribution in [-0.2, 0) is 20.9 Å². The lowest BCUT2D eigenvalue weighted by Gasteiger charge is -2.26. The Morgan fingerprint density at radius 1 is 1.42 bits per heavy atom. The summed E-state index contributed by atoms with van der Waals surface area (Å²) in [5.41, 5.74) is 0.923. The van der Waals surface area contributed by atoms with E-state index in [1.165, 1.54) is 0 Å². The molecule has 0 spiro atoms. The van der Waals surface area contributed by atoms with Crippen LogP contribution in [0.1, 0.15) is 32.3 Å². The molecule has 0 aromatic heterocycles. The smallest absolute Gasteiger partial charge is 0.407 e. The SMILES string of the molecule is C=CC[C@@H]1C[C@@H]([C@@H](NC(=O)OCc2ccccc2)C(C)C)OC1=O. The fraction of sp³-hybridized carbons (Fsp3) is 0.474. The molecule has 2 rings (SSSR count). The van der Waals surface area contributed by atoms with E-state index in [-0.39, 0.29) is 36.6 Å². The molecular formula is C19H25NO4. The number of esters is 1. The molecular weight excluding hydrogens is 306 g/mol. The van der Waals surface area contributed by atoms with Crippen LogP contribution in [-0.4, -0.2) is 24.2 Å². The Labute approximate surface area is 143 Å². The lowest BCUT2D eigenvalue weighted by Crippen LogP contribution is -2.46. The quantitative estimate of drug-likeness (QED) is 0.614. The van der Waals surface area contributed by atoms with Gasteiger partial charge in [-0.1, -0.05) is 50.3 Å². The predicted molar refractivity (Wildman–Crippen MR) is 91.2 cm³/mol. The second-order valence-corrected chi connectivity index (χ2v) is 6.41. The van der Waals surface area contributed by atoms with Crippen LogP contribution in [0.2, 0.25) is 0 Å². The number of hydrogen-bond acceptors (Lipinski definition) is 4. The van der Waals surface area contributed by atoms with Gasteiger partial charge < -0.3 is 14.8 Å². The molecule has 1 aliphatic rings. The number of cyclic esters (lactones) is 1. The highest BCUT2D eigenvalue weighted by Gasteiger charge is 2.40. The zero-order valence-electron chi connectivity index (χ0n) is 14.2. The van der Waals surface area contributed by atoms with E-state index in [1.54, 1.807) is 6.08 Å². The van der Waals surface area contributed by atoms with Crippen LogP contribution in [0.5, 0.6) is 0 Å². The molecule has 130 valence electrons. The standard InChI is InChI=1S/C19H25NO4/c1-4-8-15-11-16(24-18(15)21)17(13(2)3)20-19(22)23-12-14-9-6-5-7-10-14/h4-7,9-10,13,15-17H,1,8,11-12H2,2-3H3,(H,20,22)/t15-,16+,17+/m1/s1. The van der Waals surface area contributed by atoms with Crippen molar-refractivity contribution in [3.05, 3.63) is 48.6 Å². The zero-order valence-corrected chi connectivity index (χ0v) is 14.2. The molecule has 0 aliphatic carbocycles. The highest BCUT2D eigenvalue weighted by Crippen LogP contribution is 2.28. The van der Waals surface area contributed by atoms with E-state index in [1.807, 2.05) is 44.2 Å². The minimum absolute atomic E-state index is 0.120. The van der Waals surface area contributed by atoms with Crippen molar-refractivity contribution in [3.8, 4) is 0 Å². The highest BCUT2D eigenvalue weighted by atomic mass is 16.6. The van der Waals surface area contributed by atoms with E-state index in [2.05, 4.69) is 11.9 Å². The molecule has 1 aromatic rings. The van der Waals surface area contributed by atoms with E-state index in [0.29, 0.717) is 12.8 Å². The first-order valence-corrected chi connectivity index (χ1v) is 8.30. The molecule has 1 aliphatic heterocycles. The summed E-state index contributed by atoms with van der Waals surface area (Å²) in [4.78, 5) is 24.0. The van der Waals surface area contributed by atoms with Crippen molar-refractivity contribution in [2.24, 2.45) is 11.8 Å². The normalized spacial score (nSPS) is 21.2. The maximum atomic E-state index is 12.1. The molecule has 1 aromatic carbocycles. The van der Waals surface area contributed by atoms with Gasteiger partial charge in [-0.25, -0.2) is 4.79 Å². The molecule has 1 N–H and O–H groups in total. The number of ether oxygens (including phenoxy) is 2. The topological polar surface area (TPSA) is 64.6 Å². The number of alkyl carbamates (subject to hydrolysis) is 1. The third-order valence-electron chi connectivity index (χ3n) is 4.18. The van der Waals surface area contributed by atoms with E-state index in [4.69, 9.17) is 9.47 Å². The molecule has 24 heavy (non-hydrogen) atoms. The molecule has 1 saturated heterocycles. The molecule has 3 atom stereocenters. The van der Waals surface area contributed by atoms with Gasteiger partial charge in [0.05, 0.1) is 12.0 Å². The average molecular weight is 331 g/mol. The van der Waals surface area contributed by atoms with Gasteiger partial charge >= 0.3 is 12.1 Å². The van der Waals surface area contributed by atoms with Gasteiger partial charge in [0.1, 0.15) is 12.7 Å². The number of carbonyl (C=O) groups excluding carboxylic acids is 2. The van der Waals surface area contributed by atoms with Crippen LogP contribution < -0.4 is 5.32 Å². The number of nitrogens with one attached hydrogen (secondary N) is 1. The van der Waals surface area contributed by atoms with Gasteiger partial charge in [0.15, 0.2) is 0 Å². The molecule has 1 heterocycles. The molecule has 5 nitrogen and oxygen atoms in total. The van der Waals surface area contributed by atoms with E-state index < -0.39 is 6.09 Å². The largest absolute Gasteiger partial charge is 0.460 e. The molecule has 0 saturated carbocycles. The number of rotatable bonds is 7. The summed E-state index contributed by atoms with van der Waals surface area (Å²) in [5, 5.41) is 2.85. The minimum Gasteiger partial charge on any atom is -0.460 e. The number of carbonyl (C=O) groups is 2. The molecule has 1 fully saturated rings. The number of hydrogen-bond donors (Lipinski definition) is 1. The fourth-order valence-electron chi connectivity index (χ4n) is 2.87. The van der Waals surface area contributed by atoms with Crippen LogP contribution >= 0.6 is 0 Å². The predicted octanol–water partition coefficient (Wildman–Crippen LogP) is 3.45. The van der Waals surface area contributed by atoms with E-state index in [0.717, 1.165) is 5.56 Å². The molecule has 0 unspecified atom stereocenters. The Bertz CT molecular complexity index is 570. The Morgan fingerprint density at radius 3 is 2.75 bits per heavy atom. The third-order valence-corrected chi connectivity index (χ3v) is 4.18. The van der Waals surface area contributed by atoms with E-state index >= 15 is 0 Å². The number of amides is 1. The van der Waals surface area contributed by atoms with Crippen molar-refractivity contribution in [2.45, 2.75) is 45.4 Å². The monoisotopic (exact) mass is 331 g/mol. The first-order chi connectivity index (χ1) is 11.5. The van der Waals surface area contributed by atoms with Gasteiger partial charge in [-0.15, -0.1) is 6.58 Å². The Kier molecular flexibility index (Phi) is 6.41. The average Bonchev–Trinajstić information content (AvgIpc) is 2.92. The van der Waals surface area contributed by atoms with Gasteiger partial charge in [0.2, 0.25) is 0 Å². The maximum absolute atomic E-state index is 12.1. The number of allylic oxidation sites excluding steroid dienone is 1. The summed E-state index contributed by atoms with van der Waals surface area (Å²) < 4.78 is 10.7. The maximum Gasteiger partial charge on any atom is 0.407 e. The summed E-state index contributed by atoms with van der Waals surface area (Å²) in [6, 6.07) is 9.22. The fourth-order valence-corrected chi connectivity index (χ4v) is 2.87. The first-order valence-electron chi connectivity index (χ1n) is 8.30. The van der Waals surface area contributed by atoms with Gasteiger partial charge in [0.25, 0.3) is 0 Å². The third kappa shape index (κ3) is 4.85. The van der Waals surface area contributed by atoms with Crippen molar-refractivity contribution < 1.29 is 19.1 Å². The van der Waals surface area contributed by atoms with Crippen LogP contribution in [0.4, 0.5) is 4.79 Å². The molecule has 5 heteroatoms. The Morgan fingerprint density at radius 2 is 2.12 bits per heavy atom. The summed E-state index contributed by atoms with van der Waals surface area (Å²) in [5.74, 6) is -0.268. The first kappa shape index (κ1) is 18.0. The minimum atomic E-state index is -0.499. The summed E-state index contributed by atoms with van der Waals surface area (Å²) in [6.07, 6.45) is 2.08. The zero-order chi connectivity index (χ0) is 17.5. The lowest BCUT2D eigenvalue weighted by molar-refractivity contribution is -0.145. The van der Waals surface area contributed by atoms with Crippen LogP contribution in [0, 0.1) is 11.8 Å². The second-order valence-electron chi connectivity index (χ2n) is 6.41. The van der Waals surface area contributed by atoms with Gasteiger partial charge in [0, 0.05) is 0 Å². The summed E-state index contributed by atoms with van der Waals surface area (Å²) in [7, 11) is 0. The molecule has 0 radical (unpaired) electrons.